The molecule has 0 bridgehead atoms. The summed E-state index contributed by atoms with van der Waals surface area (Å²) in [5.74, 6) is -1.90. The summed E-state index contributed by atoms with van der Waals surface area (Å²) in [5, 5.41) is 22.7. The van der Waals surface area contributed by atoms with Crippen LogP contribution in [0.3, 0.4) is 0 Å². The lowest BCUT2D eigenvalue weighted by Crippen LogP contribution is -2.08. The number of anilines is 1. The highest BCUT2D eigenvalue weighted by Crippen LogP contribution is 2.26. The molecule has 0 saturated carbocycles. The molecule has 1 N–H and O–H groups in total. The van der Waals surface area contributed by atoms with Crippen LogP contribution < -0.4 is 5.32 Å². The molecule has 112 valence electrons. The molecular weight excluding hydrogens is 292 g/mol. The van der Waals surface area contributed by atoms with Crippen molar-refractivity contribution >= 4 is 11.4 Å². The van der Waals surface area contributed by atoms with Gasteiger partial charge in [-0.25, -0.2) is 8.78 Å². The van der Waals surface area contributed by atoms with Crippen LogP contribution in [0.5, 0.6) is 0 Å². The summed E-state index contributed by atoms with van der Waals surface area (Å²) < 4.78 is 26.2. The van der Waals surface area contributed by atoms with Crippen molar-refractivity contribution in [2.24, 2.45) is 0 Å². The Morgan fingerprint density at radius 3 is 2.55 bits per heavy atom. The second-order valence-corrected chi connectivity index (χ2v) is 4.64. The standard InChI is InChI=1S/C15H11F2N3O2/c1-9(10-2-4-13(16)14(17)7-10)19-15-5-3-12(20(21)22)6-11(15)8-18/h2-7,9,19H,1H3/t9-/m0/s1. The minimum atomic E-state index is -0.963. The number of nitro benzene ring substituents is 1. The number of nitriles is 1. The van der Waals surface area contributed by atoms with Crippen molar-refractivity contribution in [1.29, 1.82) is 5.26 Å². The van der Waals surface area contributed by atoms with Crippen molar-refractivity contribution in [1.82, 2.24) is 0 Å². The van der Waals surface area contributed by atoms with Gasteiger partial charge in [0.1, 0.15) is 6.07 Å². The molecule has 0 aromatic heterocycles. The topological polar surface area (TPSA) is 79.0 Å². The maximum Gasteiger partial charge on any atom is 0.270 e. The first-order chi connectivity index (χ1) is 10.4. The molecule has 0 aliphatic carbocycles. The number of nitrogens with one attached hydrogen (secondary N) is 1. The average Bonchev–Trinajstić information content (AvgIpc) is 2.50. The predicted molar refractivity (Wildman–Crippen MR) is 76.2 cm³/mol. The second-order valence-electron chi connectivity index (χ2n) is 4.64. The molecule has 2 aromatic rings. The molecule has 0 aliphatic heterocycles. The Balaban J connectivity index is 2.28. The van der Waals surface area contributed by atoms with Gasteiger partial charge in [-0.3, -0.25) is 10.1 Å². The van der Waals surface area contributed by atoms with E-state index in [1.165, 1.54) is 18.2 Å². The minimum Gasteiger partial charge on any atom is -0.377 e. The summed E-state index contributed by atoms with van der Waals surface area (Å²) in [6.07, 6.45) is 0. The van der Waals surface area contributed by atoms with E-state index in [1.54, 1.807) is 6.92 Å². The van der Waals surface area contributed by atoms with Crippen molar-refractivity contribution in [3.63, 3.8) is 0 Å². The van der Waals surface area contributed by atoms with Gasteiger partial charge in [0.2, 0.25) is 0 Å². The van der Waals surface area contributed by atoms with Gasteiger partial charge in [0.25, 0.3) is 5.69 Å². The quantitative estimate of drug-likeness (QED) is 0.686. The number of nitrogens with zero attached hydrogens (tertiary/aromatic N) is 2. The van der Waals surface area contributed by atoms with Crippen molar-refractivity contribution in [2.45, 2.75) is 13.0 Å². The molecule has 0 aliphatic rings. The number of hydrogen-bond donors (Lipinski definition) is 1. The number of halogens is 2. The molecule has 0 amide bonds. The van der Waals surface area contributed by atoms with Crippen molar-refractivity contribution < 1.29 is 13.7 Å². The fourth-order valence-corrected chi connectivity index (χ4v) is 1.96. The molecule has 22 heavy (non-hydrogen) atoms. The summed E-state index contributed by atoms with van der Waals surface area (Å²) in [4.78, 5) is 10.1. The third kappa shape index (κ3) is 3.17. The molecule has 0 spiro atoms. The molecule has 7 heteroatoms. The first-order valence-corrected chi connectivity index (χ1v) is 6.32. The molecular formula is C15H11F2N3O2. The van der Waals surface area contributed by atoms with Gasteiger partial charge in [0.05, 0.1) is 16.2 Å². The Labute approximate surface area is 125 Å². The minimum absolute atomic E-state index is 0.101. The van der Waals surface area contributed by atoms with E-state index < -0.39 is 22.6 Å². The van der Waals surface area contributed by atoms with Gasteiger partial charge in [-0.05, 0) is 30.7 Å². The number of nitro groups is 1. The number of hydrogen-bond acceptors (Lipinski definition) is 4. The van der Waals surface area contributed by atoms with Crippen LogP contribution in [0.25, 0.3) is 0 Å². The Kier molecular flexibility index (Phi) is 4.32. The Morgan fingerprint density at radius 2 is 1.95 bits per heavy atom. The first kappa shape index (κ1) is 15.4. The fourth-order valence-electron chi connectivity index (χ4n) is 1.96. The van der Waals surface area contributed by atoms with Crippen LogP contribution >= 0.6 is 0 Å². The third-order valence-electron chi connectivity index (χ3n) is 3.15. The maximum atomic E-state index is 13.2. The number of rotatable bonds is 4. The molecule has 0 fully saturated rings. The molecule has 2 rings (SSSR count). The highest BCUT2D eigenvalue weighted by molar-refractivity contribution is 5.62. The molecule has 1 atom stereocenters. The van der Waals surface area contributed by atoms with Gasteiger partial charge in [0, 0.05) is 18.2 Å². The van der Waals surface area contributed by atoms with Crippen LogP contribution in [0.15, 0.2) is 36.4 Å². The normalized spacial score (nSPS) is 11.5. The molecule has 0 saturated heterocycles. The highest BCUT2D eigenvalue weighted by Gasteiger charge is 2.14. The monoisotopic (exact) mass is 303 g/mol. The van der Waals surface area contributed by atoms with Gasteiger partial charge in [-0.15, -0.1) is 0 Å². The molecule has 5 nitrogen and oxygen atoms in total. The van der Waals surface area contributed by atoms with E-state index in [0.29, 0.717) is 11.3 Å². The lowest BCUT2D eigenvalue weighted by molar-refractivity contribution is -0.384. The van der Waals surface area contributed by atoms with E-state index in [2.05, 4.69) is 5.32 Å². The van der Waals surface area contributed by atoms with Crippen molar-refractivity contribution in [2.75, 3.05) is 5.32 Å². The van der Waals surface area contributed by atoms with Crippen molar-refractivity contribution in [3.8, 4) is 6.07 Å². The number of benzene rings is 2. The van der Waals surface area contributed by atoms with Gasteiger partial charge < -0.3 is 5.32 Å². The zero-order valence-electron chi connectivity index (χ0n) is 11.5. The Morgan fingerprint density at radius 1 is 1.23 bits per heavy atom. The molecule has 0 radical (unpaired) electrons. The van der Waals surface area contributed by atoms with Crippen LogP contribution in [-0.2, 0) is 0 Å². The van der Waals surface area contributed by atoms with Crippen LogP contribution in [0.4, 0.5) is 20.2 Å². The van der Waals surface area contributed by atoms with E-state index >= 15 is 0 Å². The maximum absolute atomic E-state index is 13.2. The Bertz CT molecular complexity index is 772. The summed E-state index contributed by atoms with van der Waals surface area (Å²) >= 11 is 0. The van der Waals surface area contributed by atoms with Gasteiger partial charge in [0.15, 0.2) is 11.6 Å². The SMILES string of the molecule is C[C@H](Nc1ccc([N+](=O)[O-])cc1C#N)c1ccc(F)c(F)c1. The smallest absolute Gasteiger partial charge is 0.270 e. The molecule has 2 aromatic carbocycles. The largest absolute Gasteiger partial charge is 0.377 e. The summed E-state index contributed by atoms with van der Waals surface area (Å²) in [6, 6.07) is 8.78. The molecule has 0 heterocycles. The molecule has 0 unspecified atom stereocenters. The number of non-ortho nitro benzene ring substituents is 1. The van der Waals surface area contributed by atoms with Gasteiger partial charge in [-0.1, -0.05) is 6.07 Å². The first-order valence-electron chi connectivity index (χ1n) is 6.32. The van der Waals surface area contributed by atoms with Crippen LogP contribution in [0.2, 0.25) is 0 Å². The van der Waals surface area contributed by atoms with Crippen molar-refractivity contribution in [3.05, 3.63) is 69.3 Å². The van der Waals surface area contributed by atoms with Gasteiger partial charge in [-0.2, -0.15) is 5.26 Å². The lowest BCUT2D eigenvalue weighted by atomic mass is 10.1. The highest BCUT2D eigenvalue weighted by atomic mass is 19.2. The van der Waals surface area contributed by atoms with Gasteiger partial charge >= 0.3 is 0 Å². The predicted octanol–water partition coefficient (Wildman–Crippen LogP) is 3.92. The van der Waals surface area contributed by atoms with E-state index in [9.17, 15) is 18.9 Å². The van der Waals surface area contributed by atoms with E-state index in [0.717, 1.165) is 18.2 Å². The van der Waals surface area contributed by atoms with E-state index in [4.69, 9.17) is 5.26 Å². The van der Waals surface area contributed by atoms with E-state index in [-0.39, 0.29) is 11.3 Å². The third-order valence-corrected chi connectivity index (χ3v) is 3.15. The van der Waals surface area contributed by atoms with E-state index in [1.807, 2.05) is 6.07 Å². The summed E-state index contributed by atoms with van der Waals surface area (Å²) in [6.45, 7) is 1.70. The zero-order valence-corrected chi connectivity index (χ0v) is 11.5. The summed E-state index contributed by atoms with van der Waals surface area (Å²) in [7, 11) is 0. The van der Waals surface area contributed by atoms with Crippen LogP contribution in [-0.4, -0.2) is 4.92 Å². The summed E-state index contributed by atoms with van der Waals surface area (Å²) in [5.41, 5.74) is 0.776. The average molecular weight is 303 g/mol. The zero-order chi connectivity index (χ0) is 16.3. The fraction of sp³-hybridized carbons (Fsp3) is 0.133. The lowest BCUT2D eigenvalue weighted by Gasteiger charge is -2.16. The van der Waals surface area contributed by atoms with Crippen LogP contribution in [0.1, 0.15) is 24.1 Å². The Hall–Kier alpha value is -3.01. The second kappa shape index (κ2) is 6.18. The van der Waals surface area contributed by atoms with Crippen LogP contribution in [0, 0.1) is 33.1 Å².